The van der Waals surface area contributed by atoms with Gasteiger partial charge in [0.1, 0.15) is 0 Å². The molecule has 2 saturated heterocycles. The Labute approximate surface area is 174 Å². The average molecular weight is 410 g/mol. The molecule has 158 valence electrons. The van der Waals surface area contributed by atoms with Gasteiger partial charge in [0.25, 0.3) is 5.91 Å². The van der Waals surface area contributed by atoms with Crippen molar-refractivity contribution in [3.63, 3.8) is 0 Å². The normalized spacial score (nSPS) is 25.2. The molecule has 3 fully saturated rings. The molecule has 2 aromatic heterocycles. The molecular weight excluding hydrogens is 384 g/mol. The molecule has 8 nitrogen and oxygen atoms in total. The predicted molar refractivity (Wildman–Crippen MR) is 108 cm³/mol. The molecule has 1 N–H and O–H groups in total. The number of likely N-dealkylation sites (tertiary alicyclic amines) is 2. The van der Waals surface area contributed by atoms with Crippen LogP contribution in [0.2, 0.25) is 0 Å². The number of amides is 3. The topological polar surface area (TPSA) is 95.8 Å². The van der Waals surface area contributed by atoms with Gasteiger partial charge in [0, 0.05) is 51.2 Å². The van der Waals surface area contributed by atoms with Crippen LogP contribution in [0.4, 0.5) is 0 Å². The van der Waals surface area contributed by atoms with Crippen LogP contribution >= 0.6 is 0 Å². The summed E-state index contributed by atoms with van der Waals surface area (Å²) in [6, 6.07) is 3.56. The number of rotatable bonds is 4. The third-order valence-electron chi connectivity index (χ3n) is 7.18. The molecule has 2 unspecified atom stereocenters. The Morgan fingerprint density at radius 1 is 1.33 bits per heavy atom. The Balaban J connectivity index is 1.11. The fourth-order valence-electron chi connectivity index (χ4n) is 5.09. The number of pyridine rings is 1. The van der Waals surface area contributed by atoms with E-state index in [1.54, 1.807) is 30.4 Å². The fourth-order valence-corrected chi connectivity index (χ4v) is 5.09. The van der Waals surface area contributed by atoms with Gasteiger partial charge in [-0.1, -0.05) is 0 Å². The molecule has 3 amide bonds. The molecule has 5 rings (SSSR count). The zero-order valence-electron chi connectivity index (χ0n) is 17.1. The first-order valence-corrected chi connectivity index (χ1v) is 10.6. The molecule has 4 heterocycles. The van der Waals surface area contributed by atoms with E-state index in [1.165, 1.54) is 0 Å². The van der Waals surface area contributed by atoms with Crippen molar-refractivity contribution in [1.82, 2.24) is 20.1 Å². The highest BCUT2D eigenvalue weighted by atomic mass is 16.3. The van der Waals surface area contributed by atoms with Gasteiger partial charge >= 0.3 is 0 Å². The maximum atomic E-state index is 12.7. The second-order valence-electron chi connectivity index (χ2n) is 9.00. The zero-order chi connectivity index (χ0) is 20.9. The van der Waals surface area contributed by atoms with Gasteiger partial charge in [-0.05, 0) is 42.7 Å². The van der Waals surface area contributed by atoms with Crippen LogP contribution in [0.1, 0.15) is 36.2 Å². The van der Waals surface area contributed by atoms with Gasteiger partial charge in [0.2, 0.25) is 11.8 Å². The largest absolute Gasteiger partial charge is 0.449 e. The lowest BCUT2D eigenvalue weighted by Crippen LogP contribution is -2.43. The summed E-state index contributed by atoms with van der Waals surface area (Å²) in [6.45, 7) is 2.65. The fraction of sp³-hybridized carbons (Fsp3) is 0.545. The minimum absolute atomic E-state index is 0.0561. The van der Waals surface area contributed by atoms with Crippen molar-refractivity contribution in [2.75, 3.05) is 33.2 Å². The van der Waals surface area contributed by atoms with Gasteiger partial charge < -0.3 is 19.5 Å². The quantitative estimate of drug-likeness (QED) is 0.827. The highest BCUT2D eigenvalue weighted by Gasteiger charge is 2.55. The van der Waals surface area contributed by atoms with E-state index in [2.05, 4.69) is 10.3 Å². The van der Waals surface area contributed by atoms with Gasteiger partial charge in [0.05, 0.1) is 12.1 Å². The van der Waals surface area contributed by atoms with Crippen molar-refractivity contribution in [3.8, 4) is 0 Å². The molecule has 0 aromatic carbocycles. The SMILES string of the molecule is CN1CC(C(=O)N2CCC3(CC2)CC3CNC(=O)c2cc3ccncc3o2)CC1=O. The minimum Gasteiger partial charge on any atom is -0.449 e. The molecule has 0 radical (unpaired) electrons. The molecule has 0 bridgehead atoms. The van der Waals surface area contributed by atoms with Crippen molar-refractivity contribution in [3.05, 3.63) is 30.3 Å². The average Bonchev–Trinajstić information content (AvgIpc) is 3.08. The highest BCUT2D eigenvalue weighted by molar-refractivity contribution is 5.95. The third-order valence-corrected chi connectivity index (χ3v) is 7.18. The van der Waals surface area contributed by atoms with Crippen LogP contribution in [0.3, 0.4) is 0 Å². The first-order valence-electron chi connectivity index (χ1n) is 10.6. The number of carbonyl (C=O) groups is 3. The van der Waals surface area contributed by atoms with Crippen molar-refractivity contribution in [2.45, 2.75) is 25.7 Å². The maximum Gasteiger partial charge on any atom is 0.287 e. The van der Waals surface area contributed by atoms with Crippen LogP contribution in [0.25, 0.3) is 11.0 Å². The standard InChI is InChI=1S/C22H26N4O4/c1-25-13-15(9-19(25)27)21(29)26-6-3-22(4-7-26)10-16(22)11-24-20(28)17-8-14-2-5-23-12-18(14)30-17/h2,5,8,12,15-16H,3-4,6-7,9-11,13H2,1H3,(H,24,28). The van der Waals surface area contributed by atoms with E-state index in [0.29, 0.717) is 36.8 Å². The van der Waals surface area contributed by atoms with Crippen LogP contribution in [0.5, 0.6) is 0 Å². The first-order chi connectivity index (χ1) is 14.4. The van der Waals surface area contributed by atoms with E-state index >= 15 is 0 Å². The van der Waals surface area contributed by atoms with E-state index < -0.39 is 0 Å². The van der Waals surface area contributed by atoms with Crippen LogP contribution in [0.15, 0.2) is 28.9 Å². The number of hydrogen-bond donors (Lipinski definition) is 1. The highest BCUT2D eigenvalue weighted by Crippen LogP contribution is 2.59. The van der Waals surface area contributed by atoms with Gasteiger partial charge in [-0.15, -0.1) is 0 Å². The molecule has 1 saturated carbocycles. The lowest BCUT2D eigenvalue weighted by molar-refractivity contribution is -0.137. The molecule has 2 aliphatic heterocycles. The summed E-state index contributed by atoms with van der Waals surface area (Å²) in [7, 11) is 1.76. The van der Waals surface area contributed by atoms with Crippen molar-refractivity contribution < 1.29 is 18.8 Å². The molecule has 8 heteroatoms. The number of piperidine rings is 1. The Bertz CT molecular complexity index is 974. The molecular formula is C22H26N4O4. The van der Waals surface area contributed by atoms with Gasteiger partial charge in [-0.25, -0.2) is 0 Å². The minimum atomic E-state index is -0.198. The smallest absolute Gasteiger partial charge is 0.287 e. The van der Waals surface area contributed by atoms with E-state index in [9.17, 15) is 14.4 Å². The molecule has 30 heavy (non-hydrogen) atoms. The Kier molecular flexibility index (Phi) is 4.52. The van der Waals surface area contributed by atoms with E-state index in [-0.39, 0.29) is 29.1 Å². The summed E-state index contributed by atoms with van der Waals surface area (Å²) in [5.41, 5.74) is 0.849. The lowest BCUT2D eigenvalue weighted by atomic mass is 9.90. The van der Waals surface area contributed by atoms with Crippen LogP contribution in [0, 0.1) is 17.3 Å². The zero-order valence-corrected chi connectivity index (χ0v) is 17.1. The molecule has 2 aromatic rings. The Hall–Kier alpha value is -2.90. The summed E-state index contributed by atoms with van der Waals surface area (Å²) in [4.78, 5) is 44.5. The molecule has 1 aliphatic carbocycles. The summed E-state index contributed by atoms with van der Waals surface area (Å²) >= 11 is 0. The van der Waals surface area contributed by atoms with E-state index in [1.807, 2.05) is 11.0 Å². The van der Waals surface area contributed by atoms with Crippen molar-refractivity contribution >= 4 is 28.7 Å². The van der Waals surface area contributed by atoms with Crippen molar-refractivity contribution in [2.24, 2.45) is 17.3 Å². The number of fused-ring (bicyclic) bond motifs is 1. The lowest BCUT2D eigenvalue weighted by Gasteiger charge is -2.34. The maximum absolute atomic E-state index is 12.7. The van der Waals surface area contributed by atoms with E-state index in [4.69, 9.17) is 4.42 Å². The Morgan fingerprint density at radius 3 is 2.83 bits per heavy atom. The summed E-state index contributed by atoms with van der Waals surface area (Å²) in [6.07, 6.45) is 6.63. The summed E-state index contributed by atoms with van der Waals surface area (Å²) in [5, 5.41) is 3.87. The van der Waals surface area contributed by atoms with Crippen molar-refractivity contribution in [1.29, 1.82) is 0 Å². The predicted octanol–water partition coefficient (Wildman–Crippen LogP) is 1.66. The molecule has 2 atom stereocenters. The van der Waals surface area contributed by atoms with Gasteiger partial charge in [-0.2, -0.15) is 0 Å². The molecule has 1 spiro atoms. The molecule has 3 aliphatic rings. The summed E-state index contributed by atoms with van der Waals surface area (Å²) < 4.78 is 5.58. The monoisotopic (exact) mass is 410 g/mol. The second-order valence-corrected chi connectivity index (χ2v) is 9.00. The third kappa shape index (κ3) is 3.34. The number of furan rings is 1. The number of nitrogens with zero attached hydrogens (tertiary/aromatic N) is 3. The van der Waals surface area contributed by atoms with Crippen LogP contribution in [-0.2, 0) is 9.59 Å². The number of hydrogen-bond acceptors (Lipinski definition) is 5. The van der Waals surface area contributed by atoms with E-state index in [0.717, 1.165) is 37.7 Å². The second kappa shape index (κ2) is 7.11. The first kappa shape index (κ1) is 19.1. The van der Waals surface area contributed by atoms with Gasteiger partial charge in [0.15, 0.2) is 11.3 Å². The number of carbonyl (C=O) groups excluding carboxylic acids is 3. The van der Waals surface area contributed by atoms with Crippen LogP contribution < -0.4 is 5.32 Å². The number of nitrogens with one attached hydrogen (secondary N) is 1. The Morgan fingerprint density at radius 2 is 2.13 bits per heavy atom. The number of aromatic nitrogens is 1. The van der Waals surface area contributed by atoms with Crippen LogP contribution in [-0.4, -0.2) is 65.7 Å². The van der Waals surface area contributed by atoms with Gasteiger partial charge in [-0.3, -0.25) is 19.4 Å². The summed E-state index contributed by atoms with van der Waals surface area (Å²) in [5.74, 6) is 0.543.